The maximum atomic E-state index is 12.2. The standard InChI is InChI=1S/C16H14ClNO5S/c17-11-1-4-13(5-2-11)24(20,21)8-7-16(19)18-12-3-6-14-15(9-12)23-10-22-14/h1-6,9H,7-8,10H2,(H,18,19). The van der Waals surface area contributed by atoms with Crippen molar-refractivity contribution in [3.8, 4) is 11.5 Å². The minimum Gasteiger partial charge on any atom is -0.454 e. The number of hydrogen-bond donors (Lipinski definition) is 1. The van der Waals surface area contributed by atoms with Crippen LogP contribution in [-0.4, -0.2) is 26.9 Å². The van der Waals surface area contributed by atoms with Crippen molar-refractivity contribution in [2.24, 2.45) is 0 Å². The van der Waals surface area contributed by atoms with Gasteiger partial charge in [0.25, 0.3) is 0 Å². The average Bonchev–Trinajstić information content (AvgIpc) is 3.01. The lowest BCUT2D eigenvalue weighted by Gasteiger charge is -2.07. The molecule has 8 heteroatoms. The van der Waals surface area contributed by atoms with E-state index in [2.05, 4.69) is 5.32 Å². The highest BCUT2D eigenvalue weighted by molar-refractivity contribution is 7.91. The Morgan fingerprint density at radius 2 is 1.79 bits per heavy atom. The summed E-state index contributed by atoms with van der Waals surface area (Å²) in [6.07, 6.45) is -0.153. The summed E-state index contributed by atoms with van der Waals surface area (Å²) in [7, 11) is -3.54. The molecule has 1 aliphatic heterocycles. The average molecular weight is 368 g/mol. The topological polar surface area (TPSA) is 81.7 Å². The van der Waals surface area contributed by atoms with Crippen LogP contribution >= 0.6 is 11.6 Å². The molecule has 2 aromatic carbocycles. The Balaban J connectivity index is 1.60. The predicted octanol–water partition coefficient (Wildman–Crippen LogP) is 2.87. The number of amides is 1. The molecule has 3 rings (SSSR count). The van der Waals surface area contributed by atoms with Crippen LogP contribution in [0.4, 0.5) is 5.69 Å². The Labute approximate surface area is 144 Å². The molecule has 0 saturated carbocycles. The highest BCUT2D eigenvalue weighted by Gasteiger charge is 2.18. The van der Waals surface area contributed by atoms with Crippen LogP contribution in [0, 0.1) is 0 Å². The molecule has 0 fully saturated rings. The molecule has 1 aliphatic rings. The first-order valence-corrected chi connectivity index (χ1v) is 9.15. The number of nitrogens with one attached hydrogen (secondary N) is 1. The van der Waals surface area contributed by atoms with Crippen LogP contribution < -0.4 is 14.8 Å². The first-order valence-electron chi connectivity index (χ1n) is 7.12. The molecule has 0 aromatic heterocycles. The SMILES string of the molecule is O=C(CCS(=O)(=O)c1ccc(Cl)cc1)Nc1ccc2c(c1)OCO2. The fourth-order valence-electron chi connectivity index (χ4n) is 2.18. The highest BCUT2D eigenvalue weighted by Crippen LogP contribution is 2.34. The number of benzene rings is 2. The number of carbonyl (C=O) groups is 1. The van der Waals surface area contributed by atoms with Gasteiger partial charge in [-0.25, -0.2) is 8.42 Å². The molecule has 0 aliphatic carbocycles. The number of hydrogen-bond acceptors (Lipinski definition) is 5. The number of sulfone groups is 1. The second-order valence-corrected chi connectivity index (χ2v) is 7.68. The highest BCUT2D eigenvalue weighted by atomic mass is 35.5. The molecule has 0 spiro atoms. The Morgan fingerprint density at radius 1 is 1.08 bits per heavy atom. The van der Waals surface area contributed by atoms with Crippen LogP contribution in [-0.2, 0) is 14.6 Å². The second kappa shape index (κ2) is 6.70. The normalized spacial score (nSPS) is 12.9. The summed E-state index contributed by atoms with van der Waals surface area (Å²) in [5.41, 5.74) is 0.521. The molecule has 24 heavy (non-hydrogen) atoms. The van der Waals surface area contributed by atoms with Gasteiger partial charge in [0.1, 0.15) is 0 Å². The molecule has 0 radical (unpaired) electrons. The quantitative estimate of drug-likeness (QED) is 0.878. The summed E-state index contributed by atoms with van der Waals surface area (Å²) in [5, 5.41) is 3.10. The van der Waals surface area contributed by atoms with Crippen molar-refractivity contribution >= 4 is 33.0 Å². The summed E-state index contributed by atoms with van der Waals surface area (Å²) in [5.74, 6) is 0.469. The van der Waals surface area contributed by atoms with Crippen molar-refractivity contribution in [1.29, 1.82) is 0 Å². The van der Waals surface area contributed by atoms with Gasteiger partial charge >= 0.3 is 0 Å². The van der Waals surface area contributed by atoms with Gasteiger partial charge in [-0.05, 0) is 36.4 Å². The van der Waals surface area contributed by atoms with E-state index in [1.807, 2.05) is 0 Å². The van der Waals surface area contributed by atoms with Crippen molar-refractivity contribution in [2.75, 3.05) is 17.9 Å². The fourth-order valence-corrected chi connectivity index (χ4v) is 3.55. The maximum Gasteiger partial charge on any atom is 0.231 e. The monoisotopic (exact) mass is 367 g/mol. The van der Waals surface area contributed by atoms with Gasteiger partial charge in [0, 0.05) is 23.2 Å². The van der Waals surface area contributed by atoms with E-state index < -0.39 is 15.7 Å². The third-order valence-corrected chi connectivity index (χ3v) is 5.41. The number of fused-ring (bicyclic) bond motifs is 1. The van der Waals surface area contributed by atoms with Gasteiger partial charge in [0.05, 0.1) is 10.6 Å². The predicted molar refractivity (Wildman–Crippen MR) is 89.3 cm³/mol. The van der Waals surface area contributed by atoms with E-state index in [1.165, 1.54) is 24.3 Å². The van der Waals surface area contributed by atoms with Gasteiger partial charge in [-0.2, -0.15) is 0 Å². The molecule has 1 N–H and O–H groups in total. The number of rotatable bonds is 5. The van der Waals surface area contributed by atoms with E-state index in [9.17, 15) is 13.2 Å². The summed E-state index contributed by atoms with van der Waals surface area (Å²) in [6.45, 7) is 0.145. The van der Waals surface area contributed by atoms with Crippen LogP contribution in [0.5, 0.6) is 11.5 Å². The van der Waals surface area contributed by atoms with E-state index in [1.54, 1.807) is 18.2 Å². The zero-order valence-corrected chi connectivity index (χ0v) is 14.1. The molecule has 0 atom stereocenters. The van der Waals surface area contributed by atoms with Gasteiger partial charge in [-0.3, -0.25) is 4.79 Å². The van der Waals surface area contributed by atoms with E-state index in [-0.39, 0.29) is 23.9 Å². The van der Waals surface area contributed by atoms with Gasteiger partial charge in [-0.15, -0.1) is 0 Å². The van der Waals surface area contributed by atoms with Crippen LogP contribution in [0.1, 0.15) is 6.42 Å². The first-order chi connectivity index (χ1) is 11.4. The summed E-state index contributed by atoms with van der Waals surface area (Å²) in [4.78, 5) is 12.1. The molecule has 6 nitrogen and oxygen atoms in total. The fraction of sp³-hybridized carbons (Fsp3) is 0.188. The minimum absolute atomic E-state index is 0.141. The lowest BCUT2D eigenvalue weighted by Crippen LogP contribution is -2.17. The van der Waals surface area contributed by atoms with Gasteiger partial charge in [0.2, 0.25) is 12.7 Å². The van der Waals surface area contributed by atoms with Gasteiger partial charge in [-0.1, -0.05) is 11.6 Å². The second-order valence-electron chi connectivity index (χ2n) is 5.14. The van der Waals surface area contributed by atoms with Crippen molar-refractivity contribution in [1.82, 2.24) is 0 Å². The van der Waals surface area contributed by atoms with Gasteiger partial charge in [0.15, 0.2) is 21.3 Å². The largest absolute Gasteiger partial charge is 0.454 e. The Kier molecular flexibility index (Phi) is 4.64. The summed E-state index contributed by atoms with van der Waals surface area (Å²) in [6, 6.07) is 10.8. The van der Waals surface area contributed by atoms with Crippen LogP contribution in [0.25, 0.3) is 0 Å². The van der Waals surface area contributed by atoms with Crippen molar-refractivity contribution in [2.45, 2.75) is 11.3 Å². The van der Waals surface area contributed by atoms with E-state index >= 15 is 0 Å². The molecule has 1 amide bonds. The number of ether oxygens (including phenoxy) is 2. The maximum absolute atomic E-state index is 12.2. The van der Waals surface area contributed by atoms with Crippen molar-refractivity contribution < 1.29 is 22.7 Å². The van der Waals surface area contributed by atoms with E-state index in [0.717, 1.165) is 0 Å². The van der Waals surface area contributed by atoms with Crippen molar-refractivity contribution in [3.05, 3.63) is 47.5 Å². The van der Waals surface area contributed by atoms with Crippen molar-refractivity contribution in [3.63, 3.8) is 0 Å². The Hall–Kier alpha value is -2.25. The van der Waals surface area contributed by atoms with Gasteiger partial charge < -0.3 is 14.8 Å². The first kappa shape index (κ1) is 16.6. The molecule has 0 unspecified atom stereocenters. The third-order valence-electron chi connectivity index (χ3n) is 3.43. The van der Waals surface area contributed by atoms with E-state index in [4.69, 9.17) is 21.1 Å². The molecule has 126 valence electrons. The minimum atomic E-state index is -3.54. The van der Waals surface area contributed by atoms with E-state index in [0.29, 0.717) is 22.2 Å². The Morgan fingerprint density at radius 3 is 2.54 bits per heavy atom. The lowest BCUT2D eigenvalue weighted by atomic mass is 10.2. The molecule has 2 aromatic rings. The Bertz CT molecular complexity index is 865. The van der Waals surface area contributed by atoms with Crippen LogP contribution in [0.2, 0.25) is 5.02 Å². The smallest absolute Gasteiger partial charge is 0.231 e. The lowest BCUT2D eigenvalue weighted by molar-refractivity contribution is -0.115. The third kappa shape index (κ3) is 3.80. The molecular weight excluding hydrogens is 354 g/mol. The summed E-state index contributed by atoms with van der Waals surface area (Å²) < 4.78 is 34.8. The number of carbonyl (C=O) groups excluding carboxylic acids is 1. The molecular formula is C16H14ClNO5S. The summed E-state index contributed by atoms with van der Waals surface area (Å²) >= 11 is 5.74. The number of halogens is 1. The molecule has 1 heterocycles. The molecule has 0 bridgehead atoms. The number of anilines is 1. The zero-order chi connectivity index (χ0) is 17.2. The van der Waals surface area contributed by atoms with Crippen LogP contribution in [0.15, 0.2) is 47.4 Å². The van der Waals surface area contributed by atoms with Crippen LogP contribution in [0.3, 0.4) is 0 Å². The molecule has 0 saturated heterocycles. The zero-order valence-electron chi connectivity index (χ0n) is 12.5.